The van der Waals surface area contributed by atoms with E-state index in [1.54, 1.807) is 0 Å². The molecule has 1 saturated carbocycles. The van der Waals surface area contributed by atoms with E-state index in [9.17, 15) is 18.4 Å². The molecule has 0 saturated heterocycles. The lowest BCUT2D eigenvalue weighted by Crippen LogP contribution is -2.18. The van der Waals surface area contributed by atoms with E-state index in [1.165, 1.54) is 61.7 Å². The number of anilines is 2. The van der Waals surface area contributed by atoms with Crippen molar-refractivity contribution < 1.29 is 23.1 Å². The van der Waals surface area contributed by atoms with Crippen molar-refractivity contribution in [1.82, 2.24) is 0 Å². The van der Waals surface area contributed by atoms with Crippen LogP contribution < -0.4 is 15.4 Å². The van der Waals surface area contributed by atoms with Crippen molar-refractivity contribution in [3.8, 4) is 5.75 Å². The number of methoxy groups -OCH3 is 1. The summed E-state index contributed by atoms with van der Waals surface area (Å²) in [6.45, 7) is 0. The number of hydrogen-bond donors (Lipinski definition) is 2. The third kappa shape index (κ3) is 5.19. The van der Waals surface area contributed by atoms with Gasteiger partial charge in [-0.05, 0) is 54.1 Å². The summed E-state index contributed by atoms with van der Waals surface area (Å²) in [5.74, 6) is -3.61. The number of rotatable bonds is 6. The van der Waals surface area contributed by atoms with Crippen LogP contribution >= 0.6 is 46.4 Å². The van der Waals surface area contributed by atoms with E-state index in [0.29, 0.717) is 11.3 Å². The first kappa shape index (κ1) is 25.5. The van der Waals surface area contributed by atoms with Crippen LogP contribution in [-0.4, -0.2) is 23.3 Å². The molecule has 182 valence electrons. The highest BCUT2D eigenvalue weighted by Crippen LogP contribution is 2.65. The van der Waals surface area contributed by atoms with Gasteiger partial charge in [0, 0.05) is 17.3 Å². The Morgan fingerprint density at radius 2 is 1.60 bits per heavy atom. The Bertz CT molecular complexity index is 1320. The Labute approximate surface area is 219 Å². The van der Waals surface area contributed by atoms with Gasteiger partial charge >= 0.3 is 0 Å². The van der Waals surface area contributed by atoms with Gasteiger partial charge in [-0.3, -0.25) is 9.59 Å². The molecular formula is C24H16Cl4F2N2O3. The maximum atomic E-state index is 13.5. The van der Waals surface area contributed by atoms with E-state index in [2.05, 4.69) is 10.6 Å². The second-order valence-electron chi connectivity index (χ2n) is 7.79. The average Bonchev–Trinajstić information content (AvgIpc) is 3.38. The van der Waals surface area contributed by atoms with Gasteiger partial charge in [0.25, 0.3) is 5.91 Å². The number of carbonyl (C=O) groups excluding carboxylic acids is 2. The summed E-state index contributed by atoms with van der Waals surface area (Å²) in [6, 6.07) is 12.0. The van der Waals surface area contributed by atoms with Crippen molar-refractivity contribution in [2.24, 2.45) is 5.92 Å². The summed E-state index contributed by atoms with van der Waals surface area (Å²) >= 11 is 24.8. The summed E-state index contributed by atoms with van der Waals surface area (Å²) in [7, 11) is 1.34. The first-order valence-corrected chi connectivity index (χ1v) is 11.6. The predicted molar refractivity (Wildman–Crippen MR) is 133 cm³/mol. The minimum atomic E-state index is -1.44. The average molecular weight is 560 g/mol. The molecule has 3 aromatic carbocycles. The van der Waals surface area contributed by atoms with Crippen LogP contribution in [0.1, 0.15) is 21.8 Å². The van der Waals surface area contributed by atoms with Crippen LogP contribution in [0.15, 0.2) is 54.6 Å². The summed E-state index contributed by atoms with van der Waals surface area (Å²) in [6.07, 6.45) is 0. The van der Waals surface area contributed by atoms with Crippen LogP contribution in [0.25, 0.3) is 0 Å². The molecule has 5 nitrogen and oxygen atoms in total. The molecule has 0 aliphatic heterocycles. The number of benzene rings is 3. The minimum absolute atomic E-state index is 0.0281. The number of alkyl halides is 2. The minimum Gasteiger partial charge on any atom is -0.494 e. The molecule has 1 aliphatic carbocycles. The fraction of sp³-hybridized carbons (Fsp3) is 0.167. The van der Waals surface area contributed by atoms with E-state index in [-0.39, 0.29) is 27.0 Å². The Kier molecular flexibility index (Phi) is 7.16. The standard InChI is InChI=1S/C24H16Cl4F2N2O3/c1-35-21-15(22(33)31-13-5-3-12(29)4-6-13)9-14(10-17(21)26)32-23(34)20-19(24(20,27)28)11-2-7-18(30)16(25)8-11/h2-10,19-20H,1H3,(H,31,33)(H,32,34)/t19-,20+/m0/s1. The van der Waals surface area contributed by atoms with Crippen LogP contribution in [0.3, 0.4) is 0 Å². The topological polar surface area (TPSA) is 67.4 Å². The Morgan fingerprint density at radius 3 is 2.23 bits per heavy atom. The molecule has 1 aliphatic rings. The van der Waals surface area contributed by atoms with Gasteiger partial charge in [-0.1, -0.05) is 29.3 Å². The van der Waals surface area contributed by atoms with E-state index in [4.69, 9.17) is 51.1 Å². The van der Waals surface area contributed by atoms with Crippen LogP contribution in [0, 0.1) is 17.6 Å². The Morgan fingerprint density at radius 1 is 0.914 bits per heavy atom. The molecule has 0 radical (unpaired) electrons. The van der Waals surface area contributed by atoms with Crippen LogP contribution in [0.5, 0.6) is 5.75 Å². The molecule has 0 unspecified atom stereocenters. The van der Waals surface area contributed by atoms with Crippen molar-refractivity contribution in [3.63, 3.8) is 0 Å². The molecule has 0 heterocycles. The predicted octanol–water partition coefficient (Wildman–Crippen LogP) is 7.06. The molecular weight excluding hydrogens is 544 g/mol. The molecule has 0 spiro atoms. The third-order valence-corrected chi connectivity index (χ3v) is 7.01. The van der Waals surface area contributed by atoms with Crippen molar-refractivity contribution in [3.05, 3.63) is 87.4 Å². The van der Waals surface area contributed by atoms with E-state index in [0.717, 1.165) is 0 Å². The lowest BCUT2D eigenvalue weighted by Gasteiger charge is -2.14. The first-order valence-electron chi connectivity index (χ1n) is 10.1. The monoisotopic (exact) mass is 558 g/mol. The highest BCUT2D eigenvalue weighted by atomic mass is 35.5. The molecule has 0 bridgehead atoms. The molecule has 4 rings (SSSR count). The molecule has 11 heteroatoms. The van der Waals surface area contributed by atoms with E-state index in [1.807, 2.05) is 0 Å². The van der Waals surface area contributed by atoms with E-state index < -0.39 is 39.6 Å². The van der Waals surface area contributed by atoms with Gasteiger partial charge in [0.2, 0.25) is 5.91 Å². The summed E-state index contributed by atoms with van der Waals surface area (Å²) in [5, 5.41) is 5.22. The van der Waals surface area contributed by atoms with Gasteiger partial charge in [0.05, 0.1) is 28.6 Å². The van der Waals surface area contributed by atoms with Crippen molar-refractivity contribution >= 4 is 69.6 Å². The van der Waals surface area contributed by atoms with Crippen LogP contribution in [0.4, 0.5) is 20.2 Å². The lowest BCUT2D eigenvalue weighted by atomic mass is 10.1. The van der Waals surface area contributed by atoms with Crippen molar-refractivity contribution in [2.45, 2.75) is 10.3 Å². The second-order valence-corrected chi connectivity index (χ2v) is 10.1. The summed E-state index contributed by atoms with van der Waals surface area (Å²) in [5.41, 5.74) is 1.07. The maximum Gasteiger partial charge on any atom is 0.259 e. The van der Waals surface area contributed by atoms with Crippen molar-refractivity contribution in [2.75, 3.05) is 17.7 Å². The molecule has 2 atom stereocenters. The zero-order valence-corrected chi connectivity index (χ0v) is 20.9. The fourth-order valence-electron chi connectivity index (χ4n) is 3.77. The van der Waals surface area contributed by atoms with Gasteiger partial charge < -0.3 is 15.4 Å². The van der Waals surface area contributed by atoms with Crippen LogP contribution in [-0.2, 0) is 4.79 Å². The molecule has 2 amide bonds. The Balaban J connectivity index is 1.56. The second kappa shape index (κ2) is 9.82. The summed E-state index contributed by atoms with van der Waals surface area (Å²) < 4.78 is 30.5. The molecule has 1 fully saturated rings. The first-order chi connectivity index (χ1) is 16.5. The number of halogens is 6. The zero-order chi connectivity index (χ0) is 25.5. The maximum absolute atomic E-state index is 13.5. The Hall–Kier alpha value is -2.58. The zero-order valence-electron chi connectivity index (χ0n) is 17.8. The molecule has 0 aromatic heterocycles. The van der Waals surface area contributed by atoms with E-state index >= 15 is 0 Å². The largest absolute Gasteiger partial charge is 0.494 e. The molecule has 3 aromatic rings. The highest BCUT2D eigenvalue weighted by molar-refractivity contribution is 6.53. The number of carbonyl (C=O) groups is 2. The van der Waals surface area contributed by atoms with Gasteiger partial charge in [-0.25, -0.2) is 8.78 Å². The van der Waals surface area contributed by atoms with Crippen LogP contribution in [0.2, 0.25) is 10.0 Å². The molecule has 35 heavy (non-hydrogen) atoms. The number of nitrogens with one attached hydrogen (secondary N) is 2. The van der Waals surface area contributed by atoms with Gasteiger partial charge in [-0.2, -0.15) is 0 Å². The SMILES string of the molecule is COc1c(Cl)cc(NC(=O)[C@H]2[C@H](c3ccc(F)c(Cl)c3)C2(Cl)Cl)cc1C(=O)Nc1ccc(F)cc1. The number of ether oxygens (including phenoxy) is 1. The van der Waals surface area contributed by atoms with Gasteiger partial charge in [-0.15, -0.1) is 23.2 Å². The van der Waals surface area contributed by atoms with Gasteiger partial charge in [0.15, 0.2) is 0 Å². The normalized spacial score (nSPS) is 18.0. The van der Waals surface area contributed by atoms with Crippen molar-refractivity contribution in [1.29, 1.82) is 0 Å². The lowest BCUT2D eigenvalue weighted by molar-refractivity contribution is -0.117. The number of amides is 2. The molecule has 2 N–H and O–H groups in total. The smallest absolute Gasteiger partial charge is 0.259 e. The quantitative estimate of drug-likeness (QED) is 0.318. The highest BCUT2D eigenvalue weighted by Gasteiger charge is 2.67. The number of hydrogen-bond acceptors (Lipinski definition) is 3. The van der Waals surface area contributed by atoms with Gasteiger partial charge in [0.1, 0.15) is 21.7 Å². The third-order valence-electron chi connectivity index (χ3n) is 5.50. The fourth-order valence-corrected chi connectivity index (χ4v) is 5.08. The summed E-state index contributed by atoms with van der Waals surface area (Å²) in [4.78, 5) is 25.9.